The van der Waals surface area contributed by atoms with Crippen molar-refractivity contribution in [3.63, 3.8) is 0 Å². The molecule has 0 aromatic carbocycles. The first-order valence-electron chi connectivity index (χ1n) is 7.17. The predicted octanol–water partition coefficient (Wildman–Crippen LogP) is 2.64. The molecule has 1 rings (SSSR count). The first-order chi connectivity index (χ1) is 8.25. The number of nitrogens with one attached hydrogen (secondary N) is 1. The van der Waals surface area contributed by atoms with Crippen LogP contribution in [0.15, 0.2) is 0 Å². The van der Waals surface area contributed by atoms with Gasteiger partial charge in [0.25, 0.3) is 0 Å². The molecule has 1 atom stereocenters. The normalized spacial score (nSPS) is 19.2. The molecule has 1 aliphatic rings. The lowest BCUT2D eigenvalue weighted by Gasteiger charge is -2.46. The van der Waals surface area contributed by atoms with Gasteiger partial charge in [-0.05, 0) is 45.3 Å². The minimum atomic E-state index is 0.263. The fourth-order valence-electron chi connectivity index (χ4n) is 3.39. The van der Waals surface area contributed by atoms with Crippen molar-refractivity contribution >= 4 is 0 Å². The van der Waals surface area contributed by atoms with Crippen molar-refractivity contribution in [1.82, 2.24) is 10.2 Å². The Morgan fingerprint density at radius 2 is 1.82 bits per heavy atom. The van der Waals surface area contributed by atoms with Crippen molar-refractivity contribution < 1.29 is 0 Å². The van der Waals surface area contributed by atoms with E-state index in [1.165, 1.54) is 38.8 Å². The minimum absolute atomic E-state index is 0.263. The van der Waals surface area contributed by atoms with Crippen LogP contribution in [0, 0.1) is 12.3 Å². The van der Waals surface area contributed by atoms with Gasteiger partial charge in [-0.2, -0.15) is 0 Å². The third kappa shape index (κ3) is 3.03. The van der Waals surface area contributed by atoms with Crippen molar-refractivity contribution in [3.05, 3.63) is 0 Å². The van der Waals surface area contributed by atoms with Crippen molar-refractivity contribution in [2.75, 3.05) is 19.6 Å². The molecule has 0 aliphatic carbocycles. The highest BCUT2D eigenvalue weighted by atomic mass is 15.2. The Labute approximate surface area is 107 Å². The van der Waals surface area contributed by atoms with Gasteiger partial charge in [-0.15, -0.1) is 12.3 Å². The molecule has 0 aromatic rings. The van der Waals surface area contributed by atoms with Crippen LogP contribution in [0.25, 0.3) is 0 Å². The predicted molar refractivity (Wildman–Crippen MR) is 75.0 cm³/mol. The second kappa shape index (κ2) is 7.03. The molecule has 98 valence electrons. The summed E-state index contributed by atoms with van der Waals surface area (Å²) in [4.78, 5) is 2.68. The zero-order chi connectivity index (χ0) is 12.7. The van der Waals surface area contributed by atoms with Crippen LogP contribution < -0.4 is 5.32 Å². The van der Waals surface area contributed by atoms with E-state index in [9.17, 15) is 0 Å². The van der Waals surface area contributed by atoms with Gasteiger partial charge in [-0.25, -0.2) is 0 Å². The Kier molecular flexibility index (Phi) is 6.02. The van der Waals surface area contributed by atoms with Gasteiger partial charge in [0.15, 0.2) is 0 Å². The average Bonchev–Trinajstić information content (AvgIpc) is 2.86. The maximum Gasteiger partial charge on any atom is 0.0366 e. The van der Waals surface area contributed by atoms with Crippen molar-refractivity contribution in [3.8, 4) is 12.3 Å². The van der Waals surface area contributed by atoms with Crippen molar-refractivity contribution in [2.24, 2.45) is 0 Å². The molecule has 1 saturated heterocycles. The highest BCUT2D eigenvalue weighted by Crippen LogP contribution is 2.32. The molecule has 0 aromatic heterocycles. The molecule has 1 fully saturated rings. The van der Waals surface area contributed by atoms with E-state index < -0.39 is 0 Å². The third-order valence-corrected chi connectivity index (χ3v) is 4.38. The van der Waals surface area contributed by atoms with Crippen LogP contribution in [0.4, 0.5) is 0 Å². The zero-order valence-electron chi connectivity index (χ0n) is 11.8. The molecule has 2 heteroatoms. The molecule has 2 nitrogen and oxygen atoms in total. The number of rotatable bonds is 7. The van der Waals surface area contributed by atoms with E-state index in [2.05, 4.69) is 36.9 Å². The number of terminal acetylenes is 1. The van der Waals surface area contributed by atoms with Crippen LogP contribution >= 0.6 is 0 Å². The first kappa shape index (κ1) is 14.5. The van der Waals surface area contributed by atoms with E-state index in [-0.39, 0.29) is 5.54 Å². The van der Waals surface area contributed by atoms with E-state index in [1.807, 2.05) is 0 Å². The molecule has 17 heavy (non-hydrogen) atoms. The maximum absolute atomic E-state index is 5.56. The maximum atomic E-state index is 5.56. The van der Waals surface area contributed by atoms with Gasteiger partial charge in [-0.3, -0.25) is 4.90 Å². The molecule has 0 amide bonds. The topological polar surface area (TPSA) is 15.3 Å². The number of hydrogen-bond acceptors (Lipinski definition) is 2. The summed E-state index contributed by atoms with van der Waals surface area (Å²) in [6.07, 6.45) is 11.4. The fourth-order valence-corrected chi connectivity index (χ4v) is 3.39. The monoisotopic (exact) mass is 236 g/mol. The average molecular weight is 236 g/mol. The lowest BCUT2D eigenvalue weighted by molar-refractivity contribution is 0.0645. The van der Waals surface area contributed by atoms with Crippen LogP contribution in [-0.2, 0) is 0 Å². The number of likely N-dealkylation sites (tertiary alicyclic amines) is 1. The third-order valence-electron chi connectivity index (χ3n) is 4.38. The molecule has 1 unspecified atom stereocenters. The zero-order valence-corrected chi connectivity index (χ0v) is 11.8. The van der Waals surface area contributed by atoms with Crippen LogP contribution in [0.2, 0.25) is 0 Å². The van der Waals surface area contributed by atoms with E-state index in [1.54, 1.807) is 0 Å². The second-order valence-corrected chi connectivity index (χ2v) is 5.02. The first-order valence-corrected chi connectivity index (χ1v) is 7.17. The second-order valence-electron chi connectivity index (χ2n) is 5.02. The number of likely N-dealkylation sites (N-methyl/N-ethyl adjacent to an activating group) is 1. The molecule has 1 heterocycles. The van der Waals surface area contributed by atoms with E-state index in [0.717, 1.165) is 13.0 Å². The molecule has 1 aliphatic heterocycles. The lowest BCUT2D eigenvalue weighted by Crippen LogP contribution is -2.60. The minimum Gasteiger partial charge on any atom is -0.312 e. The molecule has 0 saturated carbocycles. The standard InChI is InChI=1S/C15H28N2/c1-5-11-14(16-8-4)15(6-2,7-3)17-12-9-10-13-17/h1,14,16H,6-13H2,2-4H3. The summed E-state index contributed by atoms with van der Waals surface area (Å²) in [5.41, 5.74) is 0.263. The van der Waals surface area contributed by atoms with Crippen molar-refractivity contribution in [1.29, 1.82) is 0 Å². The van der Waals surface area contributed by atoms with Gasteiger partial charge in [0.2, 0.25) is 0 Å². The van der Waals surface area contributed by atoms with E-state index >= 15 is 0 Å². The summed E-state index contributed by atoms with van der Waals surface area (Å²) in [5.74, 6) is 2.86. The summed E-state index contributed by atoms with van der Waals surface area (Å²) in [6.45, 7) is 10.3. The molecular weight excluding hydrogens is 208 g/mol. The number of nitrogens with zero attached hydrogens (tertiary/aromatic N) is 1. The SMILES string of the molecule is C#CCC(NCC)C(CC)(CC)N1CCCC1. The Bertz CT molecular complexity index is 244. The highest BCUT2D eigenvalue weighted by molar-refractivity contribution is 5.05. The molecule has 1 N–H and O–H groups in total. The van der Waals surface area contributed by atoms with Crippen molar-refractivity contribution in [2.45, 2.75) is 64.5 Å². The Balaban J connectivity index is 2.89. The van der Waals surface area contributed by atoms with Gasteiger partial charge in [0.05, 0.1) is 0 Å². The fraction of sp³-hybridized carbons (Fsp3) is 0.867. The number of hydrogen-bond donors (Lipinski definition) is 1. The van der Waals surface area contributed by atoms with Crippen LogP contribution in [0.3, 0.4) is 0 Å². The Hall–Kier alpha value is -0.520. The smallest absolute Gasteiger partial charge is 0.0366 e. The largest absolute Gasteiger partial charge is 0.312 e. The summed E-state index contributed by atoms with van der Waals surface area (Å²) in [7, 11) is 0. The quantitative estimate of drug-likeness (QED) is 0.684. The Morgan fingerprint density at radius 1 is 1.24 bits per heavy atom. The summed E-state index contributed by atoms with van der Waals surface area (Å²) in [5, 5.41) is 3.62. The van der Waals surface area contributed by atoms with Crippen LogP contribution in [0.1, 0.15) is 52.9 Å². The van der Waals surface area contributed by atoms with Gasteiger partial charge in [-0.1, -0.05) is 20.8 Å². The van der Waals surface area contributed by atoms with Gasteiger partial charge in [0, 0.05) is 18.0 Å². The summed E-state index contributed by atoms with van der Waals surface area (Å²) >= 11 is 0. The lowest BCUT2D eigenvalue weighted by atomic mass is 9.81. The van der Waals surface area contributed by atoms with Gasteiger partial charge in [0.1, 0.15) is 0 Å². The van der Waals surface area contributed by atoms with Crippen LogP contribution in [-0.4, -0.2) is 36.1 Å². The van der Waals surface area contributed by atoms with E-state index in [0.29, 0.717) is 6.04 Å². The summed E-state index contributed by atoms with van der Waals surface area (Å²) < 4.78 is 0. The Morgan fingerprint density at radius 3 is 2.24 bits per heavy atom. The molecular formula is C15H28N2. The molecule has 0 spiro atoms. The molecule has 0 radical (unpaired) electrons. The summed E-state index contributed by atoms with van der Waals surface area (Å²) in [6, 6.07) is 0.436. The van der Waals surface area contributed by atoms with E-state index in [4.69, 9.17) is 6.42 Å². The van der Waals surface area contributed by atoms with Crippen LogP contribution in [0.5, 0.6) is 0 Å². The van der Waals surface area contributed by atoms with Gasteiger partial charge >= 0.3 is 0 Å². The molecule has 0 bridgehead atoms. The van der Waals surface area contributed by atoms with Gasteiger partial charge < -0.3 is 5.32 Å². The highest BCUT2D eigenvalue weighted by Gasteiger charge is 2.41.